The van der Waals surface area contributed by atoms with Crippen LogP contribution in [0.3, 0.4) is 0 Å². The molecule has 0 fully saturated rings. The van der Waals surface area contributed by atoms with E-state index in [2.05, 4.69) is 5.32 Å². The molecule has 1 atom stereocenters. The molecule has 0 saturated carbocycles. The van der Waals surface area contributed by atoms with Gasteiger partial charge in [-0.05, 0) is 37.5 Å². The van der Waals surface area contributed by atoms with E-state index in [0.29, 0.717) is 18.5 Å². The van der Waals surface area contributed by atoms with Gasteiger partial charge in [-0.2, -0.15) is 13.2 Å². The van der Waals surface area contributed by atoms with E-state index < -0.39 is 11.7 Å². The lowest BCUT2D eigenvalue weighted by molar-refractivity contribution is -0.137. The summed E-state index contributed by atoms with van der Waals surface area (Å²) < 4.78 is 37.0. The maximum Gasteiger partial charge on any atom is 0.416 e. The summed E-state index contributed by atoms with van der Waals surface area (Å²) in [5.41, 5.74) is 0.238. The molecule has 0 aliphatic heterocycles. The van der Waals surface area contributed by atoms with Gasteiger partial charge in [0.15, 0.2) is 0 Å². The highest BCUT2D eigenvalue weighted by Gasteiger charge is 2.29. The first kappa shape index (κ1) is 15.3. The molecule has 1 aromatic rings. The predicted molar refractivity (Wildman–Crippen MR) is 67.7 cm³/mol. The lowest BCUT2D eigenvalue weighted by Gasteiger charge is -2.13. The van der Waals surface area contributed by atoms with Crippen LogP contribution in [0.25, 0.3) is 0 Å². The van der Waals surface area contributed by atoms with E-state index in [1.54, 1.807) is 0 Å². The summed E-state index contributed by atoms with van der Waals surface area (Å²) >= 11 is 5.59. The molecule has 0 amide bonds. The SMILES string of the molecule is CC(CCCCl)NCc1ccc(C(F)(F)F)cc1. The summed E-state index contributed by atoms with van der Waals surface area (Å²) in [6.45, 7) is 2.61. The van der Waals surface area contributed by atoms with Gasteiger partial charge in [-0.3, -0.25) is 0 Å². The van der Waals surface area contributed by atoms with Gasteiger partial charge in [-0.1, -0.05) is 12.1 Å². The Morgan fingerprint density at radius 3 is 2.33 bits per heavy atom. The molecule has 0 aromatic heterocycles. The van der Waals surface area contributed by atoms with Gasteiger partial charge in [-0.25, -0.2) is 0 Å². The fourth-order valence-electron chi connectivity index (χ4n) is 1.59. The first-order valence-electron chi connectivity index (χ1n) is 5.89. The zero-order chi connectivity index (χ0) is 13.6. The van der Waals surface area contributed by atoms with Crippen molar-refractivity contribution in [3.05, 3.63) is 35.4 Å². The smallest absolute Gasteiger partial charge is 0.310 e. The zero-order valence-electron chi connectivity index (χ0n) is 10.2. The van der Waals surface area contributed by atoms with Crippen LogP contribution in [0.2, 0.25) is 0 Å². The van der Waals surface area contributed by atoms with Crippen molar-refractivity contribution in [2.24, 2.45) is 0 Å². The molecule has 0 saturated heterocycles. The molecule has 1 nitrogen and oxygen atoms in total. The first-order chi connectivity index (χ1) is 8.43. The Balaban J connectivity index is 2.44. The highest BCUT2D eigenvalue weighted by Crippen LogP contribution is 2.29. The number of benzene rings is 1. The van der Waals surface area contributed by atoms with Crippen molar-refractivity contribution in [3.8, 4) is 0 Å². The summed E-state index contributed by atoms with van der Waals surface area (Å²) in [7, 11) is 0. The highest BCUT2D eigenvalue weighted by atomic mass is 35.5. The molecular formula is C13H17ClF3N. The maximum atomic E-state index is 12.3. The van der Waals surface area contributed by atoms with Crippen molar-refractivity contribution in [1.29, 1.82) is 0 Å². The van der Waals surface area contributed by atoms with Crippen LogP contribution in [0.5, 0.6) is 0 Å². The quantitative estimate of drug-likeness (QED) is 0.770. The van der Waals surface area contributed by atoms with Gasteiger partial charge in [0.25, 0.3) is 0 Å². The van der Waals surface area contributed by atoms with Crippen LogP contribution < -0.4 is 5.32 Å². The van der Waals surface area contributed by atoms with Crippen LogP contribution in [0.4, 0.5) is 13.2 Å². The Kier molecular flexibility index (Phi) is 5.96. The second-order valence-electron chi connectivity index (χ2n) is 4.31. The molecule has 102 valence electrons. The lowest BCUT2D eigenvalue weighted by atomic mass is 10.1. The van der Waals surface area contributed by atoms with Crippen LogP contribution in [0.15, 0.2) is 24.3 Å². The van der Waals surface area contributed by atoms with Crippen molar-refractivity contribution in [2.45, 2.75) is 38.5 Å². The standard InChI is InChI=1S/C13H17ClF3N/c1-10(3-2-8-14)18-9-11-4-6-12(7-5-11)13(15,16)17/h4-7,10,18H,2-3,8-9H2,1H3. The summed E-state index contributed by atoms with van der Waals surface area (Å²) in [6, 6.07) is 5.54. The molecule has 1 aromatic carbocycles. The molecule has 18 heavy (non-hydrogen) atoms. The third-order valence-electron chi connectivity index (χ3n) is 2.71. The third-order valence-corrected chi connectivity index (χ3v) is 2.97. The van der Waals surface area contributed by atoms with Crippen LogP contribution >= 0.6 is 11.6 Å². The molecular weight excluding hydrogens is 263 g/mol. The Labute approximate surface area is 110 Å². The van der Waals surface area contributed by atoms with Crippen molar-refractivity contribution in [3.63, 3.8) is 0 Å². The largest absolute Gasteiger partial charge is 0.416 e. The van der Waals surface area contributed by atoms with Gasteiger partial charge in [0.05, 0.1) is 5.56 Å². The van der Waals surface area contributed by atoms with E-state index >= 15 is 0 Å². The lowest BCUT2D eigenvalue weighted by Crippen LogP contribution is -2.25. The van der Waals surface area contributed by atoms with E-state index in [1.807, 2.05) is 6.92 Å². The van der Waals surface area contributed by atoms with E-state index in [9.17, 15) is 13.2 Å². The molecule has 1 N–H and O–H groups in total. The molecule has 0 aliphatic rings. The molecule has 5 heteroatoms. The van der Waals surface area contributed by atoms with E-state index in [-0.39, 0.29) is 0 Å². The van der Waals surface area contributed by atoms with Gasteiger partial charge in [0.1, 0.15) is 0 Å². The number of halogens is 4. The van der Waals surface area contributed by atoms with E-state index in [0.717, 1.165) is 30.5 Å². The number of alkyl halides is 4. The van der Waals surface area contributed by atoms with Crippen LogP contribution in [0, 0.1) is 0 Å². The number of rotatable bonds is 6. The minimum atomic E-state index is -4.26. The van der Waals surface area contributed by atoms with Gasteiger partial charge < -0.3 is 5.32 Å². The Bertz CT molecular complexity index is 348. The molecule has 0 radical (unpaired) electrons. The van der Waals surface area contributed by atoms with E-state index in [1.165, 1.54) is 12.1 Å². The van der Waals surface area contributed by atoms with E-state index in [4.69, 9.17) is 11.6 Å². The topological polar surface area (TPSA) is 12.0 Å². The minimum Gasteiger partial charge on any atom is -0.310 e. The van der Waals surface area contributed by atoms with Crippen LogP contribution in [-0.2, 0) is 12.7 Å². The third kappa shape index (κ3) is 5.27. The van der Waals surface area contributed by atoms with Gasteiger partial charge in [0, 0.05) is 18.5 Å². The molecule has 0 heterocycles. The summed E-state index contributed by atoms with van der Waals surface area (Å²) in [5.74, 6) is 0.631. The summed E-state index contributed by atoms with van der Waals surface area (Å²) in [5, 5.41) is 3.25. The zero-order valence-corrected chi connectivity index (χ0v) is 11.0. The van der Waals surface area contributed by atoms with Crippen molar-refractivity contribution >= 4 is 11.6 Å². The van der Waals surface area contributed by atoms with Crippen LogP contribution in [-0.4, -0.2) is 11.9 Å². The van der Waals surface area contributed by atoms with Gasteiger partial charge >= 0.3 is 6.18 Å². The highest BCUT2D eigenvalue weighted by molar-refractivity contribution is 6.17. The Morgan fingerprint density at radius 2 is 1.83 bits per heavy atom. The van der Waals surface area contributed by atoms with Crippen LogP contribution in [0.1, 0.15) is 30.9 Å². The van der Waals surface area contributed by atoms with Crippen molar-refractivity contribution in [1.82, 2.24) is 5.32 Å². The Hall–Kier alpha value is -0.740. The monoisotopic (exact) mass is 279 g/mol. The molecule has 1 unspecified atom stereocenters. The number of hydrogen-bond acceptors (Lipinski definition) is 1. The number of hydrogen-bond donors (Lipinski definition) is 1. The van der Waals surface area contributed by atoms with Crippen molar-refractivity contribution in [2.75, 3.05) is 5.88 Å². The Morgan fingerprint density at radius 1 is 1.22 bits per heavy atom. The minimum absolute atomic E-state index is 0.311. The molecule has 1 rings (SSSR count). The summed E-state index contributed by atoms with van der Waals surface area (Å²) in [4.78, 5) is 0. The second kappa shape index (κ2) is 7.00. The molecule has 0 aliphatic carbocycles. The van der Waals surface area contributed by atoms with Gasteiger partial charge in [0.2, 0.25) is 0 Å². The second-order valence-corrected chi connectivity index (χ2v) is 4.69. The average Bonchev–Trinajstić information content (AvgIpc) is 2.33. The molecule has 0 bridgehead atoms. The van der Waals surface area contributed by atoms with Crippen molar-refractivity contribution < 1.29 is 13.2 Å². The normalized spacial score (nSPS) is 13.6. The maximum absolute atomic E-state index is 12.3. The average molecular weight is 280 g/mol. The van der Waals surface area contributed by atoms with Gasteiger partial charge in [-0.15, -0.1) is 11.6 Å². The fourth-order valence-corrected chi connectivity index (χ4v) is 1.74. The molecule has 0 spiro atoms. The summed E-state index contributed by atoms with van der Waals surface area (Å²) in [6.07, 6.45) is -2.37. The fraction of sp³-hybridized carbons (Fsp3) is 0.538. The number of nitrogens with one attached hydrogen (secondary N) is 1. The first-order valence-corrected chi connectivity index (χ1v) is 6.42. The predicted octanol–water partition coefficient (Wildman–Crippen LogP) is 4.20.